The molecule has 208 valence electrons. The van der Waals surface area contributed by atoms with Crippen molar-refractivity contribution in [3.05, 3.63) is 46.3 Å². The van der Waals surface area contributed by atoms with Gasteiger partial charge in [-0.15, -0.1) is 0 Å². The lowest BCUT2D eigenvalue weighted by Gasteiger charge is -2.29. The van der Waals surface area contributed by atoms with E-state index in [2.05, 4.69) is 4.51 Å². The highest BCUT2D eigenvalue weighted by atomic mass is 35.5. The number of anilines is 1. The van der Waals surface area contributed by atoms with Crippen molar-refractivity contribution in [2.45, 2.75) is 46.6 Å². The number of carbonyl (C=O) groups is 1. The molecule has 1 N–H and O–H groups in total. The summed E-state index contributed by atoms with van der Waals surface area (Å²) in [6.07, 6.45) is 0. The van der Waals surface area contributed by atoms with Gasteiger partial charge in [0.2, 0.25) is 0 Å². The Labute approximate surface area is 229 Å². The van der Waals surface area contributed by atoms with Gasteiger partial charge in [-0.2, -0.15) is 4.51 Å². The Hall–Kier alpha value is -3.04. The molecule has 0 amide bonds. The third kappa shape index (κ3) is 5.83. The molecule has 0 bridgehead atoms. The van der Waals surface area contributed by atoms with Gasteiger partial charge in [0.25, 0.3) is 0 Å². The Bertz CT molecular complexity index is 1210. The molecule has 0 spiro atoms. The molecule has 2 aromatic carbocycles. The quantitative estimate of drug-likeness (QED) is 0.397. The van der Waals surface area contributed by atoms with Crippen LogP contribution in [0.5, 0.6) is 17.2 Å². The summed E-state index contributed by atoms with van der Waals surface area (Å²) in [6, 6.07) is 5.30. The summed E-state index contributed by atoms with van der Waals surface area (Å²) in [5.74, 6) is 0.302. The van der Waals surface area contributed by atoms with E-state index in [-0.39, 0.29) is 54.7 Å². The smallest absolute Gasteiger partial charge is 0.197 e. The number of ketones is 1. The first-order valence-electron chi connectivity index (χ1n) is 12.6. The third-order valence-electron chi connectivity index (χ3n) is 6.41. The molecule has 1 heterocycles. The van der Waals surface area contributed by atoms with Crippen molar-refractivity contribution in [2.75, 3.05) is 52.0 Å². The number of carbonyl (C=O) groups excluding carboxylic acids is 1. The van der Waals surface area contributed by atoms with Crippen LogP contribution in [0.15, 0.2) is 22.7 Å². The predicted molar refractivity (Wildman–Crippen MR) is 148 cm³/mol. The number of benzene rings is 2. The van der Waals surface area contributed by atoms with Crippen LogP contribution in [0.3, 0.4) is 0 Å². The molecule has 0 fully saturated rings. The number of fused-ring (bicyclic) bond motifs is 1. The Morgan fingerprint density at radius 3 is 2.42 bits per heavy atom. The number of hydrogen-bond acceptors (Lipinski definition) is 7. The summed E-state index contributed by atoms with van der Waals surface area (Å²) in [4.78, 5) is 17.2. The maximum atomic E-state index is 15.6. The summed E-state index contributed by atoms with van der Waals surface area (Å²) in [5, 5.41) is 9.50. The molecule has 0 saturated heterocycles. The molecule has 1 aliphatic heterocycles. The van der Waals surface area contributed by atoms with Gasteiger partial charge in [-0.3, -0.25) is 4.79 Å². The second-order valence-electron chi connectivity index (χ2n) is 10.1. The Morgan fingerprint density at radius 1 is 1.18 bits per heavy atom. The van der Waals surface area contributed by atoms with Gasteiger partial charge < -0.3 is 29.1 Å². The van der Waals surface area contributed by atoms with Crippen LogP contribution in [0.1, 0.15) is 61.7 Å². The zero-order chi connectivity index (χ0) is 28.2. The standard InChI is InChI=1S/C28H37ClFN3O5/c1-8-37-22-14-18-15-33(27(31-29)23(18)24(30)26(22)38-9-2)16-21(35)17-12-19(28(3,4)5)25(36-7)20(13-17)32(6)10-11-34/h12-14,34H,8-11,15-16H2,1-7H3. The zero-order valence-electron chi connectivity index (χ0n) is 23.2. The van der Waals surface area contributed by atoms with Gasteiger partial charge >= 0.3 is 0 Å². The van der Waals surface area contributed by atoms with E-state index >= 15 is 4.39 Å². The van der Waals surface area contributed by atoms with Crippen LogP contribution in [-0.4, -0.2) is 68.7 Å². The van der Waals surface area contributed by atoms with Gasteiger partial charge in [0.05, 0.1) is 44.7 Å². The first-order chi connectivity index (χ1) is 18.0. The fourth-order valence-electron chi connectivity index (χ4n) is 4.60. The van der Waals surface area contributed by atoms with E-state index in [0.29, 0.717) is 41.5 Å². The predicted octanol–water partition coefficient (Wildman–Crippen LogP) is 4.96. The number of Topliss-reactive ketones (excluding diaryl/α,β-unsaturated/α-hetero) is 1. The molecule has 0 aliphatic carbocycles. The van der Waals surface area contributed by atoms with Crippen molar-refractivity contribution < 1.29 is 28.5 Å². The first-order valence-corrected chi connectivity index (χ1v) is 13.0. The number of hydrogen-bond donors (Lipinski definition) is 1. The number of nitrogens with zero attached hydrogens (tertiary/aromatic N) is 3. The minimum atomic E-state index is -0.616. The van der Waals surface area contributed by atoms with Crippen LogP contribution in [0.4, 0.5) is 10.1 Å². The van der Waals surface area contributed by atoms with Gasteiger partial charge in [0.1, 0.15) is 5.75 Å². The van der Waals surface area contributed by atoms with Gasteiger partial charge in [0, 0.05) is 43.0 Å². The Morgan fingerprint density at radius 2 is 1.87 bits per heavy atom. The van der Waals surface area contributed by atoms with Crippen molar-refractivity contribution >= 4 is 29.1 Å². The van der Waals surface area contributed by atoms with E-state index < -0.39 is 5.82 Å². The van der Waals surface area contributed by atoms with Crippen LogP contribution < -0.4 is 19.1 Å². The number of ether oxygens (including phenoxy) is 3. The SMILES string of the molecule is CCOc1cc2c(c(F)c1OCC)C(=NCl)N(CC(=O)c1cc(N(C)CCO)c(OC)c(C(C)(C)C)c1)C2. The minimum absolute atomic E-state index is 0.000582. The third-order valence-corrected chi connectivity index (χ3v) is 6.57. The average molecular weight is 550 g/mol. The molecule has 8 nitrogen and oxygen atoms in total. The number of aliphatic hydroxyl groups is 1. The van der Waals surface area contributed by atoms with E-state index in [0.717, 1.165) is 5.56 Å². The van der Waals surface area contributed by atoms with Crippen LogP contribution >= 0.6 is 11.8 Å². The zero-order valence-corrected chi connectivity index (χ0v) is 23.9. The van der Waals surface area contributed by atoms with Crippen LogP contribution in [0, 0.1) is 5.82 Å². The van der Waals surface area contributed by atoms with Crippen molar-refractivity contribution in [1.29, 1.82) is 0 Å². The molecular weight excluding hydrogens is 513 g/mol. The Balaban J connectivity index is 2.02. The number of likely N-dealkylation sites (N-methyl/N-ethyl adjacent to an activating group) is 1. The second-order valence-corrected chi connectivity index (χ2v) is 10.2. The summed E-state index contributed by atoms with van der Waals surface area (Å²) >= 11 is 5.94. The second kappa shape index (κ2) is 12.2. The fourth-order valence-corrected chi connectivity index (χ4v) is 4.79. The van der Waals surface area contributed by atoms with Gasteiger partial charge in [-0.1, -0.05) is 20.8 Å². The molecule has 1 aliphatic rings. The topological polar surface area (TPSA) is 83.8 Å². The summed E-state index contributed by atoms with van der Waals surface area (Å²) in [7, 11) is 3.42. The number of amidine groups is 1. The van der Waals surface area contributed by atoms with Gasteiger partial charge in [-0.05, 0) is 43.0 Å². The van der Waals surface area contributed by atoms with Crippen molar-refractivity contribution in [2.24, 2.45) is 4.51 Å². The number of methoxy groups -OCH3 is 1. The van der Waals surface area contributed by atoms with Crippen LogP contribution in [-0.2, 0) is 12.0 Å². The lowest BCUT2D eigenvalue weighted by Crippen LogP contribution is -2.31. The maximum Gasteiger partial charge on any atom is 0.197 e. The normalized spacial score (nSPS) is 14.1. The molecule has 2 aromatic rings. The van der Waals surface area contributed by atoms with Crippen molar-refractivity contribution in [3.8, 4) is 17.2 Å². The maximum absolute atomic E-state index is 15.6. The van der Waals surface area contributed by atoms with Crippen molar-refractivity contribution in [3.63, 3.8) is 0 Å². The highest BCUT2D eigenvalue weighted by Crippen LogP contribution is 2.41. The van der Waals surface area contributed by atoms with Crippen molar-refractivity contribution in [1.82, 2.24) is 4.90 Å². The average Bonchev–Trinajstić information content (AvgIpc) is 3.22. The molecular formula is C28H37ClFN3O5. The van der Waals surface area contributed by atoms with E-state index in [9.17, 15) is 9.90 Å². The first kappa shape index (κ1) is 29.5. The summed E-state index contributed by atoms with van der Waals surface area (Å²) in [6.45, 7) is 10.8. The highest BCUT2D eigenvalue weighted by molar-refractivity contribution is 6.23. The summed E-state index contributed by atoms with van der Waals surface area (Å²) in [5.41, 5.74) is 2.50. The molecule has 3 rings (SSSR count). The van der Waals surface area contributed by atoms with E-state index in [1.54, 1.807) is 31.1 Å². The number of halogens is 2. The molecule has 0 unspecified atom stereocenters. The van der Waals surface area contributed by atoms with E-state index in [1.807, 2.05) is 45.7 Å². The minimum Gasteiger partial charge on any atom is -0.494 e. The molecule has 38 heavy (non-hydrogen) atoms. The largest absolute Gasteiger partial charge is 0.494 e. The monoisotopic (exact) mass is 549 g/mol. The highest BCUT2D eigenvalue weighted by Gasteiger charge is 2.35. The lowest BCUT2D eigenvalue weighted by molar-refractivity contribution is 0.0963. The van der Waals surface area contributed by atoms with E-state index in [4.69, 9.17) is 26.0 Å². The number of aliphatic hydroxyl groups excluding tert-OH is 1. The number of rotatable bonds is 11. The van der Waals surface area contributed by atoms with E-state index in [1.165, 1.54) is 0 Å². The van der Waals surface area contributed by atoms with Gasteiger partial charge in [-0.25, -0.2) is 4.39 Å². The van der Waals surface area contributed by atoms with Crippen LogP contribution in [0.25, 0.3) is 0 Å². The van der Waals surface area contributed by atoms with Crippen LogP contribution in [0.2, 0.25) is 0 Å². The lowest BCUT2D eigenvalue weighted by atomic mass is 9.84. The fraction of sp³-hybridized carbons (Fsp3) is 0.500. The molecule has 10 heteroatoms. The Kier molecular flexibility index (Phi) is 9.49. The molecule has 0 aromatic heterocycles. The summed E-state index contributed by atoms with van der Waals surface area (Å²) < 4.78 is 36.3. The molecule has 0 saturated carbocycles. The molecule has 0 atom stereocenters. The molecule has 0 radical (unpaired) electrons. The van der Waals surface area contributed by atoms with Gasteiger partial charge in [0.15, 0.2) is 28.9 Å².